The molecule has 2 amide bonds. The largest absolute Gasteiger partial charge is 0.334 e. The minimum atomic E-state index is 0.0605. The molecule has 2 fully saturated rings. The molecule has 2 bridgehead atoms. The van der Waals surface area contributed by atoms with Crippen molar-refractivity contribution in [1.82, 2.24) is 4.90 Å². The van der Waals surface area contributed by atoms with E-state index in [9.17, 15) is 9.59 Å². The van der Waals surface area contributed by atoms with Crippen molar-refractivity contribution in [3.63, 3.8) is 0 Å². The highest BCUT2D eigenvalue weighted by molar-refractivity contribution is 7.10. The van der Waals surface area contributed by atoms with Crippen molar-refractivity contribution in [2.24, 2.45) is 17.8 Å². The Morgan fingerprint density at radius 1 is 1.18 bits per heavy atom. The van der Waals surface area contributed by atoms with Crippen LogP contribution in [0.5, 0.6) is 0 Å². The number of benzene rings is 1. The van der Waals surface area contributed by atoms with E-state index in [1.165, 1.54) is 29.7 Å². The summed E-state index contributed by atoms with van der Waals surface area (Å²) in [6.45, 7) is 3.38. The van der Waals surface area contributed by atoms with Crippen LogP contribution in [0.2, 0.25) is 0 Å². The summed E-state index contributed by atoms with van der Waals surface area (Å²) in [6, 6.07) is 7.81. The van der Waals surface area contributed by atoms with Gasteiger partial charge in [0.05, 0.1) is 0 Å². The first-order chi connectivity index (χ1) is 13.6. The lowest BCUT2D eigenvalue weighted by Gasteiger charge is -2.28. The lowest BCUT2D eigenvalue weighted by molar-refractivity contribution is -0.121. The van der Waals surface area contributed by atoms with Gasteiger partial charge in [-0.25, -0.2) is 0 Å². The molecule has 1 N–H and O–H groups in total. The van der Waals surface area contributed by atoms with Gasteiger partial charge in [0.2, 0.25) is 5.91 Å². The zero-order valence-electron chi connectivity index (χ0n) is 16.2. The first-order valence-electron chi connectivity index (χ1n) is 10.3. The topological polar surface area (TPSA) is 49.4 Å². The van der Waals surface area contributed by atoms with E-state index >= 15 is 0 Å². The maximum atomic E-state index is 13.2. The molecule has 2 saturated carbocycles. The number of fused-ring (bicyclic) bond motifs is 3. The van der Waals surface area contributed by atoms with E-state index < -0.39 is 0 Å². The van der Waals surface area contributed by atoms with Crippen LogP contribution in [-0.2, 0) is 17.8 Å². The molecule has 146 valence electrons. The second-order valence-electron chi connectivity index (χ2n) is 8.59. The van der Waals surface area contributed by atoms with E-state index in [4.69, 9.17) is 0 Å². The molecule has 0 radical (unpaired) electrons. The first-order valence-corrected chi connectivity index (χ1v) is 11.2. The van der Waals surface area contributed by atoms with Crippen molar-refractivity contribution in [3.05, 3.63) is 51.2 Å². The second kappa shape index (κ2) is 7.03. The Kier molecular flexibility index (Phi) is 4.50. The lowest BCUT2D eigenvalue weighted by Crippen LogP contribution is -2.35. The van der Waals surface area contributed by atoms with Crippen LogP contribution in [0.1, 0.15) is 52.0 Å². The summed E-state index contributed by atoms with van der Waals surface area (Å²) in [7, 11) is 0. The Bertz CT molecular complexity index is 934. The summed E-state index contributed by atoms with van der Waals surface area (Å²) in [5.41, 5.74) is 3.62. The Morgan fingerprint density at radius 2 is 2.07 bits per heavy atom. The molecule has 1 aromatic heterocycles. The van der Waals surface area contributed by atoms with Gasteiger partial charge >= 0.3 is 0 Å². The molecule has 1 aliphatic heterocycles. The van der Waals surface area contributed by atoms with Crippen molar-refractivity contribution in [1.29, 1.82) is 0 Å². The van der Waals surface area contributed by atoms with E-state index in [0.717, 1.165) is 36.6 Å². The van der Waals surface area contributed by atoms with E-state index in [2.05, 4.69) is 16.8 Å². The fraction of sp³-hybridized carbons (Fsp3) is 0.478. The van der Waals surface area contributed by atoms with Gasteiger partial charge in [-0.2, -0.15) is 0 Å². The Labute approximate surface area is 169 Å². The van der Waals surface area contributed by atoms with Gasteiger partial charge in [-0.3, -0.25) is 9.59 Å². The van der Waals surface area contributed by atoms with Gasteiger partial charge in [-0.1, -0.05) is 12.5 Å². The number of anilines is 1. The van der Waals surface area contributed by atoms with Gasteiger partial charge in [0, 0.05) is 35.1 Å². The number of thiophene rings is 1. The van der Waals surface area contributed by atoms with Crippen molar-refractivity contribution in [2.75, 3.05) is 11.9 Å². The number of nitrogens with one attached hydrogen (secondary N) is 1. The Balaban J connectivity index is 1.33. The van der Waals surface area contributed by atoms with Crippen LogP contribution < -0.4 is 5.32 Å². The lowest BCUT2D eigenvalue weighted by atomic mass is 9.88. The van der Waals surface area contributed by atoms with Crippen molar-refractivity contribution >= 4 is 28.8 Å². The summed E-state index contributed by atoms with van der Waals surface area (Å²) in [5, 5.41) is 5.25. The molecule has 3 aliphatic rings. The zero-order valence-corrected chi connectivity index (χ0v) is 17.1. The minimum Gasteiger partial charge on any atom is -0.334 e. The monoisotopic (exact) mass is 394 g/mol. The molecule has 28 heavy (non-hydrogen) atoms. The molecule has 2 aliphatic carbocycles. The predicted octanol–water partition coefficient (Wildman–Crippen LogP) is 4.63. The quantitative estimate of drug-likeness (QED) is 0.825. The highest BCUT2D eigenvalue weighted by Gasteiger charge is 2.43. The fourth-order valence-electron chi connectivity index (χ4n) is 5.39. The van der Waals surface area contributed by atoms with Crippen LogP contribution in [0.3, 0.4) is 0 Å². The number of rotatable bonds is 3. The molecule has 1 aromatic carbocycles. The number of carbonyl (C=O) groups is 2. The molecule has 3 atom stereocenters. The molecule has 2 heterocycles. The average molecular weight is 395 g/mol. The van der Waals surface area contributed by atoms with Gasteiger partial charge in [-0.15, -0.1) is 11.3 Å². The summed E-state index contributed by atoms with van der Waals surface area (Å²) in [5.74, 6) is 1.65. The number of carbonyl (C=O) groups excluding carboxylic acids is 2. The summed E-state index contributed by atoms with van der Waals surface area (Å²) >= 11 is 1.78. The van der Waals surface area contributed by atoms with E-state index in [0.29, 0.717) is 18.0 Å². The summed E-state index contributed by atoms with van der Waals surface area (Å²) < 4.78 is 0. The van der Waals surface area contributed by atoms with Gasteiger partial charge in [0.25, 0.3) is 5.91 Å². The molecule has 2 aromatic rings. The fourth-order valence-corrected chi connectivity index (χ4v) is 6.28. The molecule has 5 rings (SSSR count). The Morgan fingerprint density at radius 3 is 2.86 bits per heavy atom. The number of nitrogens with zero attached hydrogens (tertiary/aromatic N) is 1. The van der Waals surface area contributed by atoms with Gasteiger partial charge in [0.15, 0.2) is 0 Å². The maximum absolute atomic E-state index is 13.2. The first kappa shape index (κ1) is 17.9. The highest BCUT2D eigenvalue weighted by Crippen LogP contribution is 2.48. The van der Waals surface area contributed by atoms with Crippen molar-refractivity contribution in [3.8, 4) is 0 Å². The standard InChI is InChI=1S/C23H26N2O2S/c1-14-18(23(27)25-9-7-21-17(13-25)8-10-28-21)3-2-4-20(14)24-22(26)19-12-15-5-6-16(19)11-15/h2-4,8,10,15-16,19H,5-7,9,11-13H2,1H3,(H,24,26). The normalized spacial score (nSPS) is 25.6. The van der Waals surface area contributed by atoms with Crippen LogP contribution in [0, 0.1) is 24.7 Å². The van der Waals surface area contributed by atoms with Gasteiger partial charge in [0.1, 0.15) is 0 Å². The number of amides is 2. The zero-order chi connectivity index (χ0) is 19.3. The van der Waals surface area contributed by atoms with Crippen molar-refractivity contribution < 1.29 is 9.59 Å². The van der Waals surface area contributed by atoms with Crippen LogP contribution in [0.25, 0.3) is 0 Å². The molecule has 3 unspecified atom stereocenters. The smallest absolute Gasteiger partial charge is 0.254 e. The third kappa shape index (κ3) is 3.06. The van der Waals surface area contributed by atoms with Gasteiger partial charge < -0.3 is 10.2 Å². The molecular weight excluding hydrogens is 368 g/mol. The molecule has 0 saturated heterocycles. The molecule has 0 spiro atoms. The summed E-state index contributed by atoms with van der Waals surface area (Å²) in [6.07, 6.45) is 5.66. The SMILES string of the molecule is Cc1c(NC(=O)C2CC3CCC2C3)cccc1C(=O)N1CCc2sccc2C1. The Hall–Kier alpha value is -2.14. The van der Waals surface area contributed by atoms with Crippen LogP contribution in [0.4, 0.5) is 5.69 Å². The third-order valence-electron chi connectivity index (χ3n) is 6.99. The second-order valence-corrected chi connectivity index (χ2v) is 9.60. The summed E-state index contributed by atoms with van der Waals surface area (Å²) in [4.78, 5) is 29.3. The molecule has 5 heteroatoms. The van der Waals surface area contributed by atoms with Crippen LogP contribution in [-0.4, -0.2) is 23.3 Å². The minimum absolute atomic E-state index is 0.0605. The van der Waals surface area contributed by atoms with Crippen molar-refractivity contribution in [2.45, 2.75) is 45.6 Å². The highest BCUT2D eigenvalue weighted by atomic mass is 32.1. The van der Waals surface area contributed by atoms with E-state index in [1.807, 2.05) is 30.0 Å². The maximum Gasteiger partial charge on any atom is 0.254 e. The number of hydrogen-bond acceptors (Lipinski definition) is 3. The van der Waals surface area contributed by atoms with Gasteiger partial charge in [-0.05, 0) is 79.1 Å². The van der Waals surface area contributed by atoms with E-state index in [1.54, 1.807) is 11.3 Å². The molecular formula is C23H26N2O2S. The van der Waals surface area contributed by atoms with Crippen LogP contribution >= 0.6 is 11.3 Å². The average Bonchev–Trinajstić information content (AvgIpc) is 3.45. The third-order valence-corrected chi connectivity index (χ3v) is 8.01. The molecule has 4 nitrogen and oxygen atoms in total. The van der Waals surface area contributed by atoms with Crippen LogP contribution in [0.15, 0.2) is 29.6 Å². The predicted molar refractivity (Wildman–Crippen MR) is 112 cm³/mol. The van der Waals surface area contributed by atoms with E-state index in [-0.39, 0.29) is 17.7 Å². The number of hydrogen-bond donors (Lipinski definition) is 1.